The third-order valence-electron chi connectivity index (χ3n) is 2.64. The van der Waals surface area contributed by atoms with Crippen molar-refractivity contribution in [3.05, 3.63) is 11.9 Å². The van der Waals surface area contributed by atoms with E-state index in [2.05, 4.69) is 27.5 Å². The van der Waals surface area contributed by atoms with Crippen molar-refractivity contribution in [1.82, 2.24) is 9.97 Å². The highest BCUT2D eigenvalue weighted by Crippen LogP contribution is 2.12. The Morgan fingerprint density at radius 2 is 1.95 bits per heavy atom. The van der Waals surface area contributed by atoms with E-state index in [1.54, 1.807) is 7.11 Å². The highest BCUT2D eigenvalue weighted by atomic mass is 16.5. The van der Waals surface area contributed by atoms with E-state index >= 15 is 0 Å². The smallest absolute Gasteiger partial charge is 0.158 e. The number of hydrogen-bond donors (Lipinski definition) is 3. The van der Waals surface area contributed by atoms with E-state index in [-0.39, 0.29) is 6.61 Å². The maximum absolute atomic E-state index is 9.66. The number of rotatable bonds is 11. The highest BCUT2D eigenvalue weighted by molar-refractivity contribution is 5.47. The molecule has 0 aromatic carbocycles. The van der Waals surface area contributed by atoms with Crippen LogP contribution >= 0.6 is 0 Å². The van der Waals surface area contributed by atoms with Crippen LogP contribution in [0.25, 0.3) is 0 Å². The predicted molar refractivity (Wildman–Crippen MR) is 82.5 cm³/mol. The Kier molecular flexibility index (Phi) is 8.65. The fourth-order valence-electron chi connectivity index (χ4n) is 1.66. The van der Waals surface area contributed by atoms with Gasteiger partial charge in [0.05, 0.1) is 12.7 Å². The Balaban J connectivity index is 2.70. The minimum atomic E-state index is -0.577. The number of nitrogens with one attached hydrogen (secondary N) is 2. The van der Waals surface area contributed by atoms with E-state index in [0.717, 1.165) is 18.8 Å². The Labute approximate surface area is 126 Å². The van der Waals surface area contributed by atoms with Crippen molar-refractivity contribution < 1.29 is 14.6 Å². The molecule has 0 spiro atoms. The summed E-state index contributed by atoms with van der Waals surface area (Å²) in [4.78, 5) is 8.77. The molecular formula is C14H26N4O3. The monoisotopic (exact) mass is 298 g/mol. The van der Waals surface area contributed by atoms with Crippen LogP contribution in [0.1, 0.15) is 26.1 Å². The van der Waals surface area contributed by atoms with E-state index in [9.17, 15) is 5.11 Å². The fourth-order valence-corrected chi connectivity index (χ4v) is 1.66. The molecular weight excluding hydrogens is 272 g/mol. The second kappa shape index (κ2) is 10.3. The zero-order valence-corrected chi connectivity index (χ0v) is 13.1. The van der Waals surface area contributed by atoms with E-state index in [4.69, 9.17) is 9.47 Å². The minimum Gasteiger partial charge on any atom is -0.389 e. The molecule has 1 heterocycles. The van der Waals surface area contributed by atoms with Gasteiger partial charge in [0, 0.05) is 32.9 Å². The Hall–Kier alpha value is -1.44. The van der Waals surface area contributed by atoms with Crippen LogP contribution in [0.4, 0.5) is 11.6 Å². The Morgan fingerprint density at radius 1 is 1.24 bits per heavy atom. The summed E-state index contributed by atoms with van der Waals surface area (Å²) < 4.78 is 10.2. The van der Waals surface area contributed by atoms with Crippen LogP contribution in [-0.4, -0.2) is 54.6 Å². The molecule has 1 aromatic rings. The summed E-state index contributed by atoms with van der Waals surface area (Å²) in [5.41, 5.74) is 0. The molecule has 1 atom stereocenters. The molecule has 0 bridgehead atoms. The average Bonchev–Trinajstić information content (AvgIpc) is 2.49. The molecule has 0 aliphatic rings. The normalized spacial score (nSPS) is 12.2. The lowest BCUT2D eigenvalue weighted by atomic mass is 10.3. The number of methoxy groups -OCH3 is 1. The van der Waals surface area contributed by atoms with Crippen molar-refractivity contribution in [2.24, 2.45) is 0 Å². The number of nitrogens with zero attached hydrogens (tertiary/aromatic N) is 2. The largest absolute Gasteiger partial charge is 0.389 e. The number of ether oxygens (including phenoxy) is 2. The number of anilines is 2. The van der Waals surface area contributed by atoms with E-state index < -0.39 is 6.10 Å². The number of hydrogen-bond acceptors (Lipinski definition) is 7. The summed E-state index contributed by atoms with van der Waals surface area (Å²) >= 11 is 0. The number of aromatic nitrogens is 2. The lowest BCUT2D eigenvalue weighted by Crippen LogP contribution is -2.24. The van der Waals surface area contributed by atoms with Crippen LogP contribution in [0, 0.1) is 0 Å². The van der Waals surface area contributed by atoms with Gasteiger partial charge in [-0.05, 0) is 13.3 Å². The minimum absolute atomic E-state index is 0.283. The van der Waals surface area contributed by atoms with E-state index in [0.29, 0.717) is 31.4 Å². The molecule has 0 radical (unpaired) electrons. The molecule has 7 heteroatoms. The third kappa shape index (κ3) is 7.22. The molecule has 1 unspecified atom stereocenters. The topological polar surface area (TPSA) is 88.5 Å². The molecule has 0 saturated carbocycles. The first kappa shape index (κ1) is 17.6. The maximum Gasteiger partial charge on any atom is 0.158 e. The first-order chi connectivity index (χ1) is 10.2. The molecule has 1 rings (SSSR count). The number of aliphatic hydroxyl groups excluding tert-OH is 1. The number of aliphatic hydroxyl groups is 1. The van der Waals surface area contributed by atoms with Gasteiger partial charge in [0.25, 0.3) is 0 Å². The maximum atomic E-state index is 9.66. The van der Waals surface area contributed by atoms with Crippen molar-refractivity contribution in [2.45, 2.75) is 33.0 Å². The van der Waals surface area contributed by atoms with Crippen LogP contribution in [0.15, 0.2) is 6.07 Å². The zero-order chi connectivity index (χ0) is 15.5. The van der Waals surface area contributed by atoms with Crippen molar-refractivity contribution in [3.8, 4) is 0 Å². The molecule has 0 fully saturated rings. The van der Waals surface area contributed by atoms with Crippen molar-refractivity contribution >= 4 is 11.6 Å². The first-order valence-corrected chi connectivity index (χ1v) is 7.30. The summed E-state index contributed by atoms with van der Waals surface area (Å²) in [5.74, 6) is 2.03. The van der Waals surface area contributed by atoms with Crippen LogP contribution in [0.3, 0.4) is 0 Å². The Bertz CT molecular complexity index is 378. The third-order valence-corrected chi connectivity index (χ3v) is 2.64. The fraction of sp³-hybridized carbons (Fsp3) is 0.714. The quantitative estimate of drug-likeness (QED) is 0.566. The van der Waals surface area contributed by atoms with Gasteiger partial charge in [-0.25, -0.2) is 9.97 Å². The Morgan fingerprint density at radius 3 is 2.57 bits per heavy atom. The molecule has 0 saturated heterocycles. The lowest BCUT2D eigenvalue weighted by molar-refractivity contribution is 0.0727. The van der Waals surface area contributed by atoms with E-state index in [1.165, 1.54) is 0 Å². The highest BCUT2D eigenvalue weighted by Gasteiger charge is 2.07. The lowest BCUT2D eigenvalue weighted by Gasteiger charge is -2.13. The van der Waals surface area contributed by atoms with Gasteiger partial charge in [0.2, 0.25) is 0 Å². The van der Waals surface area contributed by atoms with Gasteiger partial charge in [-0.15, -0.1) is 0 Å². The molecule has 7 nitrogen and oxygen atoms in total. The molecule has 0 aliphatic heterocycles. The average molecular weight is 298 g/mol. The summed E-state index contributed by atoms with van der Waals surface area (Å²) in [5, 5.41) is 16.0. The first-order valence-electron chi connectivity index (χ1n) is 7.30. The summed E-state index contributed by atoms with van der Waals surface area (Å²) in [6.07, 6.45) is 0.437. The standard InChI is InChI=1S/C14H26N4O3/c1-4-6-15-12-7-13(16-8-11(19)9-20-3)18-14(17-12)10-21-5-2/h7,11,19H,4-6,8-10H2,1-3H3,(H2,15,16,17,18). The second-order valence-corrected chi connectivity index (χ2v) is 4.61. The van der Waals surface area contributed by atoms with Gasteiger partial charge in [-0.3, -0.25) is 0 Å². The van der Waals surface area contributed by atoms with Crippen LogP contribution in [-0.2, 0) is 16.1 Å². The predicted octanol–water partition coefficient (Wildman–Crippen LogP) is 1.25. The van der Waals surface area contributed by atoms with Gasteiger partial charge in [-0.1, -0.05) is 6.92 Å². The van der Waals surface area contributed by atoms with Gasteiger partial charge in [0.15, 0.2) is 5.82 Å². The molecule has 120 valence electrons. The summed E-state index contributed by atoms with van der Waals surface area (Å²) in [6.45, 7) is 6.50. The van der Waals surface area contributed by atoms with Crippen LogP contribution < -0.4 is 10.6 Å². The van der Waals surface area contributed by atoms with Gasteiger partial charge >= 0.3 is 0 Å². The summed E-state index contributed by atoms with van der Waals surface area (Å²) in [7, 11) is 1.56. The van der Waals surface area contributed by atoms with Crippen LogP contribution in [0.2, 0.25) is 0 Å². The molecule has 21 heavy (non-hydrogen) atoms. The van der Waals surface area contributed by atoms with Crippen LogP contribution in [0.5, 0.6) is 0 Å². The zero-order valence-electron chi connectivity index (χ0n) is 13.1. The van der Waals surface area contributed by atoms with Gasteiger partial charge < -0.3 is 25.2 Å². The van der Waals surface area contributed by atoms with E-state index in [1.807, 2.05) is 13.0 Å². The molecule has 1 aromatic heterocycles. The van der Waals surface area contributed by atoms with Gasteiger partial charge in [0.1, 0.15) is 18.2 Å². The SMILES string of the molecule is CCCNc1cc(NCC(O)COC)nc(COCC)n1. The molecule has 0 aliphatic carbocycles. The second-order valence-electron chi connectivity index (χ2n) is 4.61. The van der Waals surface area contributed by atoms with Crippen molar-refractivity contribution in [3.63, 3.8) is 0 Å². The van der Waals surface area contributed by atoms with Crippen molar-refractivity contribution in [2.75, 3.05) is 44.0 Å². The van der Waals surface area contributed by atoms with Gasteiger partial charge in [-0.2, -0.15) is 0 Å². The van der Waals surface area contributed by atoms with Crippen molar-refractivity contribution in [1.29, 1.82) is 0 Å². The molecule has 3 N–H and O–H groups in total. The summed E-state index contributed by atoms with van der Waals surface area (Å²) in [6, 6.07) is 1.82. The molecule has 0 amide bonds.